The smallest absolute Gasteiger partial charge is 0.350 e. The lowest BCUT2D eigenvalue weighted by atomic mass is 10.1. The van der Waals surface area contributed by atoms with Crippen molar-refractivity contribution in [2.75, 3.05) is 26.3 Å². The third-order valence-corrected chi connectivity index (χ3v) is 5.59. The first-order valence-electron chi connectivity index (χ1n) is 10.4. The van der Waals surface area contributed by atoms with E-state index in [0.717, 1.165) is 29.3 Å². The van der Waals surface area contributed by atoms with Gasteiger partial charge in [-0.3, -0.25) is 4.99 Å². The summed E-state index contributed by atoms with van der Waals surface area (Å²) < 4.78 is 10.8. The highest BCUT2D eigenvalue weighted by Crippen LogP contribution is 2.24. The van der Waals surface area contributed by atoms with Crippen LogP contribution >= 0.6 is 35.3 Å². The fourth-order valence-corrected chi connectivity index (χ4v) is 3.83. The lowest BCUT2D eigenvalue weighted by Crippen LogP contribution is -2.38. The molecule has 2 N–H and O–H groups in total. The molecule has 1 aromatic heterocycles. The molecule has 2 rings (SSSR count). The summed E-state index contributed by atoms with van der Waals surface area (Å²) in [7, 11) is 0. The number of ether oxygens (including phenoxy) is 2. The summed E-state index contributed by atoms with van der Waals surface area (Å²) in [4.78, 5) is 21.8. The van der Waals surface area contributed by atoms with Crippen LogP contribution in [-0.2, 0) is 11.2 Å². The monoisotopic (exact) mass is 560 g/mol. The Bertz CT molecular complexity index is 857. The van der Waals surface area contributed by atoms with Gasteiger partial charge in [-0.05, 0) is 52.7 Å². The van der Waals surface area contributed by atoms with Crippen LogP contribution in [-0.4, -0.2) is 43.2 Å². The zero-order chi connectivity index (χ0) is 21.9. The first-order valence-corrected chi connectivity index (χ1v) is 11.2. The van der Waals surface area contributed by atoms with E-state index in [2.05, 4.69) is 21.7 Å². The maximum absolute atomic E-state index is 12.1. The zero-order valence-electron chi connectivity index (χ0n) is 18.9. The van der Waals surface area contributed by atoms with Crippen LogP contribution in [0.4, 0.5) is 0 Å². The van der Waals surface area contributed by atoms with Crippen molar-refractivity contribution in [2.45, 2.75) is 47.1 Å². The molecule has 1 atom stereocenters. The minimum absolute atomic E-state index is 0. The summed E-state index contributed by atoms with van der Waals surface area (Å²) in [6.45, 7) is 12.0. The van der Waals surface area contributed by atoms with Crippen molar-refractivity contribution in [3.8, 4) is 5.75 Å². The second-order valence-electron chi connectivity index (χ2n) is 6.60. The van der Waals surface area contributed by atoms with Gasteiger partial charge in [-0.1, -0.05) is 18.2 Å². The zero-order valence-corrected chi connectivity index (χ0v) is 22.0. The number of esters is 1. The predicted molar refractivity (Wildman–Crippen MR) is 137 cm³/mol. The molecule has 0 saturated heterocycles. The molecule has 0 aliphatic heterocycles. The van der Waals surface area contributed by atoms with E-state index in [1.165, 1.54) is 11.3 Å². The molecule has 31 heavy (non-hydrogen) atoms. The lowest BCUT2D eigenvalue weighted by molar-refractivity contribution is 0.0531. The summed E-state index contributed by atoms with van der Waals surface area (Å²) in [5.41, 5.74) is 1.83. The van der Waals surface area contributed by atoms with Crippen LogP contribution in [0.25, 0.3) is 0 Å². The van der Waals surface area contributed by atoms with Crippen LogP contribution in [0.15, 0.2) is 29.3 Å². The molecular formula is C22H33IN4O3S. The fraction of sp³-hybridized carbons (Fsp3) is 0.500. The molecule has 172 valence electrons. The summed E-state index contributed by atoms with van der Waals surface area (Å²) in [6.07, 6.45) is 0.782. The molecule has 0 amide bonds. The minimum Gasteiger partial charge on any atom is -0.494 e. The van der Waals surface area contributed by atoms with E-state index < -0.39 is 0 Å². The predicted octanol–water partition coefficient (Wildman–Crippen LogP) is 4.50. The average Bonchev–Trinajstić information content (AvgIpc) is 3.12. The number of hydrogen-bond acceptors (Lipinski definition) is 6. The molecule has 1 unspecified atom stereocenters. The van der Waals surface area contributed by atoms with Crippen LogP contribution in [0.1, 0.15) is 59.7 Å². The first kappa shape index (κ1) is 27.2. The lowest BCUT2D eigenvalue weighted by Gasteiger charge is -2.16. The van der Waals surface area contributed by atoms with Gasteiger partial charge in [0.15, 0.2) is 5.96 Å². The Morgan fingerprint density at radius 1 is 1.23 bits per heavy atom. The molecule has 0 aliphatic carbocycles. The normalized spacial score (nSPS) is 12.0. The fourth-order valence-electron chi connectivity index (χ4n) is 2.87. The van der Waals surface area contributed by atoms with Crippen LogP contribution in [0.2, 0.25) is 0 Å². The van der Waals surface area contributed by atoms with Crippen LogP contribution in [0.5, 0.6) is 5.75 Å². The van der Waals surface area contributed by atoms with Gasteiger partial charge in [0.2, 0.25) is 0 Å². The van der Waals surface area contributed by atoms with E-state index in [1.54, 1.807) is 6.92 Å². The third-order valence-electron chi connectivity index (χ3n) is 4.27. The van der Waals surface area contributed by atoms with Crippen molar-refractivity contribution in [1.82, 2.24) is 15.6 Å². The molecular weight excluding hydrogens is 527 g/mol. The second kappa shape index (κ2) is 14.2. The molecule has 0 fully saturated rings. The number of carbonyl (C=O) groups is 1. The number of halogens is 1. The number of carbonyl (C=O) groups excluding carboxylic acids is 1. The van der Waals surface area contributed by atoms with Crippen molar-refractivity contribution in [1.29, 1.82) is 0 Å². The topological polar surface area (TPSA) is 84.8 Å². The van der Waals surface area contributed by atoms with Gasteiger partial charge in [0, 0.05) is 13.1 Å². The highest BCUT2D eigenvalue weighted by molar-refractivity contribution is 14.0. The molecule has 0 spiro atoms. The van der Waals surface area contributed by atoms with E-state index >= 15 is 0 Å². The molecule has 0 bridgehead atoms. The minimum atomic E-state index is -0.320. The average molecular weight is 561 g/mol. The maximum atomic E-state index is 12.1. The molecule has 0 saturated carbocycles. The van der Waals surface area contributed by atoms with E-state index in [9.17, 15) is 4.79 Å². The maximum Gasteiger partial charge on any atom is 0.350 e. The van der Waals surface area contributed by atoms with E-state index in [1.807, 2.05) is 45.9 Å². The van der Waals surface area contributed by atoms with Gasteiger partial charge in [0.05, 0.1) is 24.9 Å². The summed E-state index contributed by atoms with van der Waals surface area (Å²) in [5.74, 6) is 1.30. The van der Waals surface area contributed by atoms with Crippen molar-refractivity contribution >= 4 is 47.2 Å². The number of guanidine groups is 1. The molecule has 1 heterocycles. The highest BCUT2D eigenvalue weighted by atomic mass is 127. The first-order chi connectivity index (χ1) is 14.5. The molecule has 0 radical (unpaired) electrons. The molecule has 7 nitrogen and oxygen atoms in total. The molecule has 1 aromatic carbocycles. The SMILES string of the molecule is CCNC(=NCCc1ccccc1OCC)NC(C)c1nc(C)c(C(=O)OCC)s1.I. The Morgan fingerprint density at radius 3 is 2.65 bits per heavy atom. The van der Waals surface area contributed by atoms with E-state index in [0.29, 0.717) is 36.3 Å². The number of rotatable bonds is 10. The van der Waals surface area contributed by atoms with Gasteiger partial charge in [-0.15, -0.1) is 35.3 Å². The van der Waals surface area contributed by atoms with Crippen LogP contribution in [0, 0.1) is 6.92 Å². The van der Waals surface area contributed by atoms with Gasteiger partial charge < -0.3 is 20.1 Å². The Balaban J connectivity index is 0.00000480. The summed E-state index contributed by atoms with van der Waals surface area (Å²) in [5, 5.41) is 7.46. The third kappa shape index (κ3) is 8.29. The Labute approximate surface area is 206 Å². The molecule has 9 heteroatoms. The number of para-hydroxylation sites is 1. The number of nitrogens with zero attached hydrogens (tertiary/aromatic N) is 2. The van der Waals surface area contributed by atoms with Crippen LogP contribution < -0.4 is 15.4 Å². The van der Waals surface area contributed by atoms with Crippen molar-refractivity contribution < 1.29 is 14.3 Å². The van der Waals surface area contributed by atoms with Gasteiger partial charge in [0.25, 0.3) is 0 Å². The van der Waals surface area contributed by atoms with Crippen molar-refractivity contribution in [2.24, 2.45) is 4.99 Å². The van der Waals surface area contributed by atoms with E-state index in [4.69, 9.17) is 14.5 Å². The number of benzene rings is 1. The highest BCUT2D eigenvalue weighted by Gasteiger charge is 2.20. The van der Waals surface area contributed by atoms with Gasteiger partial charge >= 0.3 is 5.97 Å². The summed E-state index contributed by atoms with van der Waals surface area (Å²) in [6, 6.07) is 7.95. The molecule has 0 aliphatic rings. The van der Waals surface area contributed by atoms with Gasteiger partial charge in [0.1, 0.15) is 15.6 Å². The Hall–Kier alpha value is -1.88. The van der Waals surface area contributed by atoms with Crippen molar-refractivity contribution in [3.63, 3.8) is 0 Å². The number of hydrogen-bond donors (Lipinski definition) is 2. The Morgan fingerprint density at radius 2 is 1.97 bits per heavy atom. The van der Waals surface area contributed by atoms with Gasteiger partial charge in [-0.2, -0.15) is 0 Å². The van der Waals surface area contributed by atoms with E-state index in [-0.39, 0.29) is 36.0 Å². The number of aryl methyl sites for hydroxylation is 1. The van der Waals surface area contributed by atoms with Crippen molar-refractivity contribution in [3.05, 3.63) is 45.4 Å². The van der Waals surface area contributed by atoms with Gasteiger partial charge in [-0.25, -0.2) is 9.78 Å². The standard InChI is InChI=1S/C22H32N4O3S.HI/c1-6-23-22(24-14-13-17-11-9-10-12-18(17)28-7-2)26-16(5)20-25-15(4)19(30-20)21(27)29-8-3;/h9-12,16H,6-8,13-14H2,1-5H3,(H2,23,24,26);1H. The largest absolute Gasteiger partial charge is 0.494 e. The molecule has 2 aromatic rings. The quantitative estimate of drug-likeness (QED) is 0.193. The second-order valence-corrected chi connectivity index (χ2v) is 7.64. The number of thiazole rings is 1. The number of aliphatic imine (C=N–C) groups is 1. The Kier molecular flexibility index (Phi) is 12.5. The summed E-state index contributed by atoms with van der Waals surface area (Å²) >= 11 is 1.36. The van der Waals surface area contributed by atoms with Crippen LogP contribution in [0.3, 0.4) is 0 Å². The number of nitrogens with one attached hydrogen (secondary N) is 2. The number of aromatic nitrogens is 1.